The molecule has 4 aromatic rings. The fourth-order valence-corrected chi connectivity index (χ4v) is 5.71. The molecule has 1 aromatic carbocycles. The molecule has 172 valence electrons. The zero-order valence-electron chi connectivity index (χ0n) is 18.4. The Hall–Kier alpha value is -2.68. The summed E-state index contributed by atoms with van der Waals surface area (Å²) in [5.41, 5.74) is 15.0. The molecular weight excluding hydrogens is 482 g/mol. The largest absolute Gasteiger partial charge is 0.398 e. The predicted molar refractivity (Wildman–Crippen MR) is 135 cm³/mol. The van der Waals surface area contributed by atoms with Crippen molar-refractivity contribution in [1.29, 1.82) is 0 Å². The quantitative estimate of drug-likeness (QED) is 0.319. The number of nitrogen functional groups attached to an aromatic ring is 2. The van der Waals surface area contributed by atoms with Crippen molar-refractivity contribution in [3.8, 4) is 0 Å². The number of aromatic nitrogens is 3. The summed E-state index contributed by atoms with van der Waals surface area (Å²) in [7, 11) is 0. The number of aliphatic hydroxyl groups is 2. The maximum Gasteiger partial charge on any atom is 0.142 e. The SMILES string of the molecule is CC[C@]1(CCc2ccc3cc(Br)c(N)nc3c2)C[C@@H](n2ccc3c(N)ccnc32)[C@H](O)[C@@H]1O. The topological polar surface area (TPSA) is 123 Å². The highest BCUT2D eigenvalue weighted by atomic mass is 79.9. The van der Waals surface area contributed by atoms with Crippen molar-refractivity contribution >= 4 is 49.4 Å². The minimum absolute atomic E-state index is 0.262. The monoisotopic (exact) mass is 509 g/mol. The highest BCUT2D eigenvalue weighted by Crippen LogP contribution is 2.50. The fourth-order valence-electron chi connectivity index (χ4n) is 5.37. The van der Waals surface area contributed by atoms with Gasteiger partial charge in [-0.1, -0.05) is 19.1 Å². The number of benzene rings is 1. The molecule has 8 heteroatoms. The Morgan fingerprint density at radius 2 is 2.00 bits per heavy atom. The summed E-state index contributed by atoms with van der Waals surface area (Å²) in [5.74, 6) is 0.468. The second-order valence-corrected chi connectivity index (χ2v) is 10.0. The first-order valence-corrected chi connectivity index (χ1v) is 12.0. The number of anilines is 2. The van der Waals surface area contributed by atoms with E-state index in [4.69, 9.17) is 11.5 Å². The third kappa shape index (κ3) is 3.66. The standard InChI is InChI=1S/C25H28BrN5O2/c1-2-25(8-5-14-3-4-15-12-17(26)23(28)30-19(15)11-14)13-20(21(32)22(25)33)31-10-7-16-18(27)6-9-29-24(16)31/h3-4,6-7,9-12,20-22,32-33H,2,5,8,13H2,1H3,(H2,27,29)(H2,28,30)/t20-,21+,22+,25+/m1/s1. The predicted octanol–water partition coefficient (Wildman–Crippen LogP) is 4.21. The number of pyridine rings is 2. The molecule has 0 spiro atoms. The van der Waals surface area contributed by atoms with Gasteiger partial charge < -0.3 is 26.2 Å². The van der Waals surface area contributed by atoms with Crippen LogP contribution in [0.2, 0.25) is 0 Å². The zero-order valence-corrected chi connectivity index (χ0v) is 20.0. The van der Waals surface area contributed by atoms with Gasteiger partial charge in [0.25, 0.3) is 0 Å². The molecule has 1 fully saturated rings. The van der Waals surface area contributed by atoms with E-state index >= 15 is 0 Å². The minimum Gasteiger partial charge on any atom is -0.398 e. The molecule has 6 N–H and O–H groups in total. The van der Waals surface area contributed by atoms with Gasteiger partial charge in [0, 0.05) is 34.3 Å². The van der Waals surface area contributed by atoms with Gasteiger partial charge in [-0.25, -0.2) is 9.97 Å². The van der Waals surface area contributed by atoms with E-state index < -0.39 is 17.6 Å². The van der Waals surface area contributed by atoms with Crippen LogP contribution in [-0.4, -0.2) is 37.0 Å². The Morgan fingerprint density at radius 3 is 2.79 bits per heavy atom. The van der Waals surface area contributed by atoms with E-state index in [1.165, 1.54) is 0 Å². The van der Waals surface area contributed by atoms with Crippen LogP contribution in [0.1, 0.15) is 37.8 Å². The molecule has 0 radical (unpaired) electrons. The molecule has 0 unspecified atom stereocenters. The maximum atomic E-state index is 11.2. The molecule has 0 aliphatic heterocycles. The summed E-state index contributed by atoms with van der Waals surface area (Å²) >= 11 is 3.43. The van der Waals surface area contributed by atoms with Crippen LogP contribution in [0.15, 0.2) is 53.3 Å². The van der Waals surface area contributed by atoms with Crippen LogP contribution in [0.4, 0.5) is 11.5 Å². The highest BCUT2D eigenvalue weighted by molar-refractivity contribution is 9.10. The molecular formula is C25H28BrN5O2. The summed E-state index contributed by atoms with van der Waals surface area (Å²) in [6, 6.07) is 11.6. The molecule has 0 bridgehead atoms. The number of hydrogen-bond acceptors (Lipinski definition) is 6. The van der Waals surface area contributed by atoms with Gasteiger partial charge in [0.05, 0.1) is 22.1 Å². The number of nitrogens with two attached hydrogens (primary N) is 2. The van der Waals surface area contributed by atoms with Crippen molar-refractivity contribution in [3.63, 3.8) is 0 Å². The molecule has 33 heavy (non-hydrogen) atoms. The van der Waals surface area contributed by atoms with Crippen molar-refractivity contribution < 1.29 is 10.2 Å². The van der Waals surface area contributed by atoms with E-state index in [-0.39, 0.29) is 6.04 Å². The average molecular weight is 510 g/mol. The smallest absolute Gasteiger partial charge is 0.142 e. The van der Waals surface area contributed by atoms with E-state index in [1.54, 1.807) is 12.3 Å². The summed E-state index contributed by atoms with van der Waals surface area (Å²) in [4.78, 5) is 8.97. The van der Waals surface area contributed by atoms with Crippen LogP contribution in [0.5, 0.6) is 0 Å². The van der Waals surface area contributed by atoms with Crippen LogP contribution in [-0.2, 0) is 6.42 Å². The summed E-state index contributed by atoms with van der Waals surface area (Å²) < 4.78 is 2.76. The van der Waals surface area contributed by atoms with Gasteiger partial charge in [-0.15, -0.1) is 0 Å². The lowest BCUT2D eigenvalue weighted by Crippen LogP contribution is -2.36. The van der Waals surface area contributed by atoms with Crippen LogP contribution >= 0.6 is 15.9 Å². The number of fused-ring (bicyclic) bond motifs is 2. The van der Waals surface area contributed by atoms with Crippen LogP contribution in [0.25, 0.3) is 21.9 Å². The van der Waals surface area contributed by atoms with E-state index in [0.717, 1.165) is 51.2 Å². The number of aryl methyl sites for hydroxylation is 1. The highest BCUT2D eigenvalue weighted by Gasteiger charge is 2.51. The molecule has 0 saturated heterocycles. The van der Waals surface area contributed by atoms with Gasteiger partial charge in [0.1, 0.15) is 17.6 Å². The van der Waals surface area contributed by atoms with Crippen molar-refractivity contribution in [2.75, 3.05) is 11.5 Å². The van der Waals surface area contributed by atoms with Gasteiger partial charge in [0.15, 0.2) is 0 Å². The number of aliphatic hydroxyl groups excluding tert-OH is 2. The molecule has 1 aliphatic carbocycles. The summed E-state index contributed by atoms with van der Waals surface area (Å²) in [6.07, 6.45) is 4.85. The van der Waals surface area contributed by atoms with E-state index in [0.29, 0.717) is 17.9 Å². The average Bonchev–Trinajstić information content (AvgIpc) is 3.34. The Labute approximate surface area is 200 Å². The van der Waals surface area contributed by atoms with E-state index in [1.807, 2.05) is 29.0 Å². The van der Waals surface area contributed by atoms with Crippen molar-refractivity contribution in [2.24, 2.45) is 5.41 Å². The first-order valence-electron chi connectivity index (χ1n) is 11.2. The van der Waals surface area contributed by atoms with Gasteiger partial charge in [-0.3, -0.25) is 0 Å². The number of hydrogen-bond donors (Lipinski definition) is 4. The molecule has 5 rings (SSSR count). The molecule has 3 aromatic heterocycles. The van der Waals surface area contributed by atoms with Crippen LogP contribution in [0.3, 0.4) is 0 Å². The van der Waals surface area contributed by atoms with E-state index in [9.17, 15) is 10.2 Å². The van der Waals surface area contributed by atoms with Crippen molar-refractivity contribution in [2.45, 2.75) is 50.9 Å². The second kappa shape index (κ2) is 8.27. The first kappa shape index (κ1) is 22.1. The molecule has 1 aliphatic rings. The van der Waals surface area contributed by atoms with Gasteiger partial charge in [-0.05, 0) is 71.4 Å². The van der Waals surface area contributed by atoms with Gasteiger partial charge >= 0.3 is 0 Å². The Balaban J connectivity index is 1.41. The van der Waals surface area contributed by atoms with Crippen molar-refractivity contribution in [3.05, 3.63) is 58.8 Å². The van der Waals surface area contributed by atoms with Crippen LogP contribution < -0.4 is 11.5 Å². The Morgan fingerprint density at radius 1 is 1.18 bits per heavy atom. The lowest BCUT2D eigenvalue weighted by molar-refractivity contribution is -0.0324. The Kier molecular flexibility index (Phi) is 5.55. The number of rotatable bonds is 5. The van der Waals surface area contributed by atoms with Gasteiger partial charge in [-0.2, -0.15) is 0 Å². The molecule has 1 saturated carbocycles. The summed E-state index contributed by atoms with van der Waals surface area (Å²) in [6.45, 7) is 2.09. The first-order chi connectivity index (χ1) is 15.8. The lowest BCUT2D eigenvalue weighted by Gasteiger charge is -2.32. The normalized spacial score (nSPS) is 25.3. The maximum absolute atomic E-state index is 11.2. The third-order valence-corrected chi connectivity index (χ3v) is 8.08. The second-order valence-electron chi connectivity index (χ2n) is 9.17. The number of halogens is 1. The third-order valence-electron chi connectivity index (χ3n) is 7.45. The molecule has 0 amide bonds. The van der Waals surface area contributed by atoms with Crippen LogP contribution in [0, 0.1) is 5.41 Å². The number of nitrogens with zero attached hydrogens (tertiary/aromatic N) is 3. The zero-order chi connectivity index (χ0) is 23.3. The fraction of sp³-hybridized carbons (Fsp3) is 0.360. The van der Waals surface area contributed by atoms with Gasteiger partial charge in [0.2, 0.25) is 0 Å². The van der Waals surface area contributed by atoms with E-state index in [2.05, 4.69) is 45.0 Å². The summed E-state index contributed by atoms with van der Waals surface area (Å²) in [5, 5.41) is 24.1. The molecule has 7 nitrogen and oxygen atoms in total. The van der Waals surface area contributed by atoms with Crippen molar-refractivity contribution in [1.82, 2.24) is 14.5 Å². The Bertz CT molecular complexity index is 1340. The molecule has 4 atom stereocenters. The minimum atomic E-state index is -0.876. The molecule has 3 heterocycles. The lowest BCUT2D eigenvalue weighted by atomic mass is 9.76.